The molecule has 2 N–H and O–H groups in total. The van der Waals surface area contributed by atoms with E-state index in [0.29, 0.717) is 34.9 Å². The molecule has 0 fully saturated rings. The number of benzene rings is 4. The van der Waals surface area contributed by atoms with E-state index in [9.17, 15) is 14.7 Å². The third-order valence-corrected chi connectivity index (χ3v) is 5.70. The van der Waals surface area contributed by atoms with Crippen molar-refractivity contribution in [3.05, 3.63) is 108 Å². The molecule has 0 spiro atoms. The highest BCUT2D eigenvalue weighted by Crippen LogP contribution is 2.31. The fourth-order valence-corrected chi connectivity index (χ4v) is 3.82. The highest BCUT2D eigenvalue weighted by molar-refractivity contribution is 6.14. The van der Waals surface area contributed by atoms with Gasteiger partial charge in [0.25, 0.3) is 5.91 Å². The minimum Gasteiger partial charge on any atom is -0.506 e. The van der Waals surface area contributed by atoms with Crippen LogP contribution in [0.15, 0.2) is 95.4 Å². The van der Waals surface area contributed by atoms with Crippen LogP contribution in [0.1, 0.15) is 26.3 Å². The second kappa shape index (κ2) is 10.2. The van der Waals surface area contributed by atoms with E-state index in [0.717, 1.165) is 5.56 Å². The molecule has 8 nitrogen and oxygen atoms in total. The van der Waals surface area contributed by atoms with Gasteiger partial charge in [-0.05, 0) is 54.1 Å². The summed E-state index contributed by atoms with van der Waals surface area (Å²) < 4.78 is 16.5. The van der Waals surface area contributed by atoms with Crippen LogP contribution >= 0.6 is 0 Å². The number of anilines is 1. The molecule has 0 aliphatic heterocycles. The van der Waals surface area contributed by atoms with Crippen LogP contribution < -0.4 is 10.1 Å². The van der Waals surface area contributed by atoms with Crippen molar-refractivity contribution in [2.45, 2.75) is 6.61 Å². The lowest BCUT2D eigenvalue weighted by Crippen LogP contribution is -2.16. The quantitative estimate of drug-likeness (QED) is 0.217. The maximum Gasteiger partial charge on any atom is 0.340 e. The SMILES string of the molecule is COC(=O)c1cccc(O)c1NC(=O)c1cccc2oc(-c3ccc(OCc4ccccc4)cc3)nc12. The van der Waals surface area contributed by atoms with E-state index in [-0.39, 0.29) is 22.6 Å². The van der Waals surface area contributed by atoms with Gasteiger partial charge in [0.1, 0.15) is 23.6 Å². The fraction of sp³-hybridized carbons (Fsp3) is 0.0690. The van der Waals surface area contributed by atoms with Gasteiger partial charge in [0.15, 0.2) is 5.58 Å². The Morgan fingerprint density at radius 3 is 2.38 bits per heavy atom. The minimum absolute atomic E-state index is 0.0263. The highest BCUT2D eigenvalue weighted by Gasteiger charge is 2.21. The summed E-state index contributed by atoms with van der Waals surface area (Å²) in [6.45, 7) is 0.455. The zero-order valence-electron chi connectivity index (χ0n) is 19.8. The van der Waals surface area contributed by atoms with Crippen molar-refractivity contribution >= 4 is 28.7 Å². The molecule has 0 unspecified atom stereocenters. The molecule has 4 aromatic carbocycles. The van der Waals surface area contributed by atoms with Gasteiger partial charge in [-0.2, -0.15) is 0 Å². The summed E-state index contributed by atoms with van der Waals surface area (Å²) in [4.78, 5) is 29.8. The lowest BCUT2D eigenvalue weighted by molar-refractivity contribution is 0.0601. The molecule has 1 heterocycles. The lowest BCUT2D eigenvalue weighted by Gasteiger charge is -2.11. The first kappa shape index (κ1) is 23.6. The summed E-state index contributed by atoms with van der Waals surface area (Å²) in [6.07, 6.45) is 0. The predicted molar refractivity (Wildman–Crippen MR) is 138 cm³/mol. The molecule has 0 bridgehead atoms. The number of oxazole rings is 1. The maximum absolute atomic E-state index is 13.2. The number of esters is 1. The Balaban J connectivity index is 1.38. The molecular formula is C29H22N2O6. The molecule has 0 atom stereocenters. The van der Waals surface area contributed by atoms with Crippen LogP contribution in [0.25, 0.3) is 22.6 Å². The second-order valence-corrected chi connectivity index (χ2v) is 8.12. The van der Waals surface area contributed by atoms with Crippen molar-refractivity contribution in [2.75, 3.05) is 12.4 Å². The molecule has 0 saturated heterocycles. The van der Waals surface area contributed by atoms with Crippen molar-refractivity contribution in [1.82, 2.24) is 4.98 Å². The molecule has 5 aromatic rings. The number of rotatable bonds is 7. The van der Waals surface area contributed by atoms with E-state index in [4.69, 9.17) is 13.9 Å². The van der Waals surface area contributed by atoms with Gasteiger partial charge in [0.05, 0.1) is 23.9 Å². The smallest absolute Gasteiger partial charge is 0.340 e. The van der Waals surface area contributed by atoms with Gasteiger partial charge in [0.2, 0.25) is 5.89 Å². The Morgan fingerprint density at radius 1 is 0.892 bits per heavy atom. The predicted octanol–water partition coefficient (Wildman–Crippen LogP) is 5.82. The number of aromatic nitrogens is 1. The Labute approximate surface area is 212 Å². The van der Waals surface area contributed by atoms with Crippen molar-refractivity contribution in [2.24, 2.45) is 0 Å². The Bertz CT molecular complexity index is 1580. The van der Waals surface area contributed by atoms with Crippen LogP contribution in [0.4, 0.5) is 5.69 Å². The molecule has 184 valence electrons. The fourth-order valence-electron chi connectivity index (χ4n) is 3.82. The van der Waals surface area contributed by atoms with Gasteiger partial charge in [0, 0.05) is 5.56 Å². The summed E-state index contributed by atoms with van der Waals surface area (Å²) in [5.74, 6) is -0.486. The van der Waals surface area contributed by atoms with E-state index < -0.39 is 11.9 Å². The van der Waals surface area contributed by atoms with Crippen LogP contribution in [0.3, 0.4) is 0 Å². The molecule has 1 aromatic heterocycles. The highest BCUT2D eigenvalue weighted by atomic mass is 16.5. The van der Waals surface area contributed by atoms with Crippen molar-refractivity contribution in [1.29, 1.82) is 0 Å². The lowest BCUT2D eigenvalue weighted by atomic mass is 10.1. The maximum atomic E-state index is 13.2. The van der Waals surface area contributed by atoms with E-state index >= 15 is 0 Å². The number of phenolic OH excluding ortho intramolecular Hbond substituents is 1. The number of fused-ring (bicyclic) bond motifs is 1. The molecular weight excluding hydrogens is 472 g/mol. The van der Waals surface area contributed by atoms with Crippen LogP contribution in [-0.2, 0) is 11.3 Å². The van der Waals surface area contributed by atoms with E-state index in [2.05, 4.69) is 10.3 Å². The number of carbonyl (C=O) groups excluding carboxylic acids is 2. The van der Waals surface area contributed by atoms with Gasteiger partial charge < -0.3 is 24.3 Å². The standard InChI is InChI=1S/C29H22N2O6/c1-35-29(34)22-10-5-11-23(32)25(22)30-27(33)21-9-6-12-24-26(21)31-28(37-24)19-13-15-20(16-14-19)36-17-18-7-3-2-4-8-18/h2-16,32H,17H2,1H3,(H,30,33). The number of nitrogens with zero attached hydrogens (tertiary/aromatic N) is 1. The van der Waals surface area contributed by atoms with Gasteiger partial charge in [-0.15, -0.1) is 0 Å². The molecule has 0 aliphatic carbocycles. The third kappa shape index (κ3) is 4.99. The second-order valence-electron chi connectivity index (χ2n) is 8.12. The van der Waals surface area contributed by atoms with Crippen molar-refractivity contribution in [3.8, 4) is 23.0 Å². The van der Waals surface area contributed by atoms with Gasteiger partial charge in [-0.1, -0.05) is 42.5 Å². The molecule has 0 radical (unpaired) electrons. The first-order valence-electron chi connectivity index (χ1n) is 11.4. The number of para-hydroxylation sites is 2. The molecule has 37 heavy (non-hydrogen) atoms. The van der Waals surface area contributed by atoms with Crippen LogP contribution in [0, 0.1) is 0 Å². The summed E-state index contributed by atoms with van der Waals surface area (Å²) in [6, 6.07) is 26.4. The number of hydrogen-bond acceptors (Lipinski definition) is 7. The first-order valence-corrected chi connectivity index (χ1v) is 11.4. The van der Waals surface area contributed by atoms with Crippen LogP contribution in [0.5, 0.6) is 11.5 Å². The van der Waals surface area contributed by atoms with E-state index in [1.807, 2.05) is 54.6 Å². The Morgan fingerprint density at radius 2 is 1.62 bits per heavy atom. The number of hydrogen-bond donors (Lipinski definition) is 2. The average Bonchev–Trinajstić information content (AvgIpc) is 3.38. The van der Waals surface area contributed by atoms with Crippen LogP contribution in [-0.4, -0.2) is 29.1 Å². The van der Waals surface area contributed by atoms with Crippen molar-refractivity contribution in [3.63, 3.8) is 0 Å². The largest absolute Gasteiger partial charge is 0.506 e. The molecule has 0 aliphatic rings. The zero-order valence-corrected chi connectivity index (χ0v) is 19.8. The normalized spacial score (nSPS) is 10.7. The minimum atomic E-state index is -0.690. The monoisotopic (exact) mass is 494 g/mol. The van der Waals surface area contributed by atoms with Gasteiger partial charge in [-0.3, -0.25) is 4.79 Å². The average molecular weight is 495 g/mol. The van der Waals surface area contributed by atoms with Crippen LogP contribution in [0.2, 0.25) is 0 Å². The molecule has 1 amide bonds. The Hall–Kier alpha value is -5.11. The number of phenols is 1. The van der Waals surface area contributed by atoms with E-state index in [1.165, 1.54) is 25.3 Å². The summed E-state index contributed by atoms with van der Waals surface area (Å²) in [5.41, 5.74) is 2.73. The number of ether oxygens (including phenoxy) is 2. The van der Waals surface area contributed by atoms with Crippen molar-refractivity contribution < 1.29 is 28.6 Å². The topological polar surface area (TPSA) is 111 Å². The summed E-state index contributed by atoms with van der Waals surface area (Å²) >= 11 is 0. The number of methoxy groups -OCH3 is 1. The van der Waals surface area contributed by atoms with Gasteiger partial charge in [-0.25, -0.2) is 9.78 Å². The summed E-state index contributed by atoms with van der Waals surface area (Å²) in [5, 5.41) is 12.9. The Kier molecular flexibility index (Phi) is 6.54. The molecule has 8 heteroatoms. The molecule has 5 rings (SSSR count). The molecule has 0 saturated carbocycles. The number of amides is 1. The first-order chi connectivity index (χ1) is 18.0. The number of nitrogens with one attached hydrogen (secondary N) is 1. The number of carbonyl (C=O) groups is 2. The number of aromatic hydroxyl groups is 1. The van der Waals surface area contributed by atoms with Gasteiger partial charge >= 0.3 is 5.97 Å². The zero-order chi connectivity index (χ0) is 25.8. The summed E-state index contributed by atoms with van der Waals surface area (Å²) in [7, 11) is 1.22. The van der Waals surface area contributed by atoms with E-state index in [1.54, 1.807) is 18.2 Å². The third-order valence-electron chi connectivity index (χ3n) is 5.70.